The van der Waals surface area contributed by atoms with Crippen LogP contribution in [0.25, 0.3) is 0 Å². The maximum atomic E-state index is 13.7. The van der Waals surface area contributed by atoms with Crippen molar-refractivity contribution in [3.63, 3.8) is 0 Å². The zero-order valence-electron chi connectivity index (χ0n) is 10.2. The van der Waals surface area contributed by atoms with Crippen molar-refractivity contribution in [1.29, 1.82) is 5.26 Å². The summed E-state index contributed by atoms with van der Waals surface area (Å²) in [6, 6.07) is 7.16. The van der Waals surface area contributed by atoms with Crippen molar-refractivity contribution in [2.45, 2.75) is 38.3 Å². The van der Waals surface area contributed by atoms with E-state index in [1.807, 2.05) is 0 Å². The Hall–Kier alpha value is -1.11. The molecule has 0 unspecified atom stereocenters. The summed E-state index contributed by atoms with van der Waals surface area (Å²) in [4.78, 5) is 2.06. The molecule has 1 aromatic rings. The molecule has 0 atom stereocenters. The first-order chi connectivity index (χ1) is 8.70. The summed E-state index contributed by atoms with van der Waals surface area (Å²) in [6.45, 7) is 0.807. The number of halogens is 2. The molecule has 0 N–H and O–H groups in total. The normalized spacial score (nSPS) is 16.1. The van der Waals surface area contributed by atoms with Gasteiger partial charge in [-0.2, -0.15) is 5.26 Å². The van der Waals surface area contributed by atoms with E-state index in [0.29, 0.717) is 29.7 Å². The fourth-order valence-corrected chi connectivity index (χ4v) is 2.75. The van der Waals surface area contributed by atoms with E-state index in [4.69, 9.17) is 16.9 Å². The molecule has 18 heavy (non-hydrogen) atoms. The number of nitriles is 1. The van der Waals surface area contributed by atoms with Gasteiger partial charge in [0.05, 0.1) is 12.6 Å². The average Bonchev–Trinajstić information content (AvgIpc) is 2.87. The molecular weight excluding hydrogens is 251 g/mol. The van der Waals surface area contributed by atoms with Crippen LogP contribution in [0.2, 0.25) is 5.02 Å². The molecule has 1 saturated carbocycles. The zero-order chi connectivity index (χ0) is 13.0. The van der Waals surface area contributed by atoms with E-state index in [2.05, 4.69) is 11.0 Å². The van der Waals surface area contributed by atoms with Crippen LogP contribution in [0.1, 0.15) is 31.2 Å². The number of nitrogens with zero attached hydrogens (tertiary/aromatic N) is 2. The molecule has 96 valence electrons. The Bertz CT molecular complexity index is 450. The van der Waals surface area contributed by atoms with Crippen molar-refractivity contribution < 1.29 is 4.39 Å². The van der Waals surface area contributed by atoms with Crippen LogP contribution in [0.15, 0.2) is 18.2 Å². The van der Waals surface area contributed by atoms with E-state index in [1.165, 1.54) is 18.9 Å². The first kappa shape index (κ1) is 13.3. The Morgan fingerprint density at radius 1 is 1.39 bits per heavy atom. The summed E-state index contributed by atoms with van der Waals surface area (Å²) in [6.07, 6.45) is 4.60. The second-order valence-corrected chi connectivity index (χ2v) is 5.17. The molecule has 2 rings (SSSR count). The van der Waals surface area contributed by atoms with E-state index < -0.39 is 0 Å². The molecule has 2 nitrogen and oxygen atoms in total. The Labute approximate surface area is 112 Å². The molecule has 0 radical (unpaired) electrons. The summed E-state index contributed by atoms with van der Waals surface area (Å²) in [7, 11) is 0. The van der Waals surface area contributed by atoms with Crippen molar-refractivity contribution in [2.24, 2.45) is 0 Å². The van der Waals surface area contributed by atoms with Crippen LogP contribution < -0.4 is 0 Å². The minimum atomic E-state index is -0.250. The highest BCUT2D eigenvalue weighted by Crippen LogP contribution is 2.26. The van der Waals surface area contributed by atoms with Gasteiger partial charge >= 0.3 is 0 Å². The summed E-state index contributed by atoms with van der Waals surface area (Å²) < 4.78 is 13.7. The standard InChI is InChI=1S/C14H16ClFN2/c15-12-5-6-14(16)11(9-12)10-18(8-7-17)13-3-1-2-4-13/h5-6,9,13H,1-4,8,10H2. The minimum Gasteiger partial charge on any atom is -0.283 e. The van der Waals surface area contributed by atoms with Gasteiger partial charge in [0.15, 0.2) is 0 Å². The largest absolute Gasteiger partial charge is 0.283 e. The monoisotopic (exact) mass is 266 g/mol. The van der Waals surface area contributed by atoms with Crippen LogP contribution in [0.5, 0.6) is 0 Å². The fourth-order valence-electron chi connectivity index (χ4n) is 2.56. The molecule has 0 heterocycles. The summed E-state index contributed by atoms with van der Waals surface area (Å²) in [5.74, 6) is -0.250. The van der Waals surface area contributed by atoms with Gasteiger partial charge in [0.2, 0.25) is 0 Å². The van der Waals surface area contributed by atoms with Gasteiger partial charge in [-0.3, -0.25) is 4.90 Å². The SMILES string of the molecule is N#CCN(Cc1cc(Cl)ccc1F)C1CCCC1. The Morgan fingerprint density at radius 2 is 2.11 bits per heavy atom. The van der Waals surface area contributed by atoms with Crippen LogP contribution in [-0.2, 0) is 6.54 Å². The number of benzene rings is 1. The Balaban J connectivity index is 2.12. The van der Waals surface area contributed by atoms with Crippen LogP contribution in [0.3, 0.4) is 0 Å². The Kier molecular flexibility index (Phi) is 4.57. The highest BCUT2D eigenvalue weighted by atomic mass is 35.5. The smallest absolute Gasteiger partial charge is 0.127 e. The van der Waals surface area contributed by atoms with Crippen LogP contribution >= 0.6 is 11.6 Å². The van der Waals surface area contributed by atoms with E-state index >= 15 is 0 Å². The van der Waals surface area contributed by atoms with Gasteiger partial charge < -0.3 is 0 Å². The molecule has 0 aliphatic heterocycles. The zero-order valence-corrected chi connectivity index (χ0v) is 11.0. The van der Waals surface area contributed by atoms with Crippen molar-refractivity contribution in [3.8, 4) is 6.07 Å². The third kappa shape index (κ3) is 3.22. The molecule has 1 aliphatic carbocycles. The van der Waals surface area contributed by atoms with Gasteiger partial charge in [0, 0.05) is 23.2 Å². The molecular formula is C14H16ClFN2. The second-order valence-electron chi connectivity index (χ2n) is 4.74. The second kappa shape index (κ2) is 6.17. The van der Waals surface area contributed by atoms with Crippen molar-refractivity contribution in [1.82, 2.24) is 4.90 Å². The quantitative estimate of drug-likeness (QED) is 0.776. The topological polar surface area (TPSA) is 27.0 Å². The number of hydrogen-bond donors (Lipinski definition) is 0. The van der Waals surface area contributed by atoms with E-state index in [1.54, 1.807) is 12.1 Å². The lowest BCUT2D eigenvalue weighted by Gasteiger charge is -2.26. The van der Waals surface area contributed by atoms with Crippen LogP contribution in [0.4, 0.5) is 4.39 Å². The molecule has 0 aromatic heterocycles. The lowest BCUT2D eigenvalue weighted by Crippen LogP contribution is -2.33. The summed E-state index contributed by atoms with van der Waals surface area (Å²) >= 11 is 5.89. The molecule has 1 aliphatic rings. The van der Waals surface area contributed by atoms with E-state index in [9.17, 15) is 4.39 Å². The molecule has 0 saturated heterocycles. The van der Waals surface area contributed by atoms with Crippen LogP contribution in [-0.4, -0.2) is 17.5 Å². The summed E-state index contributed by atoms with van der Waals surface area (Å²) in [5, 5.41) is 9.42. The first-order valence-corrected chi connectivity index (χ1v) is 6.63. The van der Waals surface area contributed by atoms with Gasteiger partial charge in [0.1, 0.15) is 5.82 Å². The summed E-state index contributed by atoms with van der Waals surface area (Å²) in [5.41, 5.74) is 0.574. The van der Waals surface area contributed by atoms with Gasteiger partial charge in [-0.1, -0.05) is 24.4 Å². The first-order valence-electron chi connectivity index (χ1n) is 6.25. The third-order valence-corrected chi connectivity index (χ3v) is 3.73. The van der Waals surface area contributed by atoms with E-state index in [-0.39, 0.29) is 5.82 Å². The third-order valence-electron chi connectivity index (χ3n) is 3.50. The van der Waals surface area contributed by atoms with Gasteiger partial charge in [-0.15, -0.1) is 0 Å². The fraction of sp³-hybridized carbons (Fsp3) is 0.500. The van der Waals surface area contributed by atoms with Crippen molar-refractivity contribution in [3.05, 3.63) is 34.6 Å². The highest BCUT2D eigenvalue weighted by Gasteiger charge is 2.23. The lowest BCUT2D eigenvalue weighted by molar-refractivity contribution is 0.211. The van der Waals surface area contributed by atoms with Gasteiger partial charge in [0.25, 0.3) is 0 Å². The molecule has 1 fully saturated rings. The molecule has 0 bridgehead atoms. The van der Waals surface area contributed by atoms with Crippen molar-refractivity contribution >= 4 is 11.6 Å². The van der Waals surface area contributed by atoms with Crippen molar-refractivity contribution in [2.75, 3.05) is 6.54 Å². The molecule has 0 amide bonds. The molecule has 0 spiro atoms. The maximum absolute atomic E-state index is 13.7. The lowest BCUT2D eigenvalue weighted by atomic mass is 10.1. The predicted octanol–water partition coefficient (Wildman–Crippen LogP) is 3.75. The molecule has 4 heteroatoms. The van der Waals surface area contributed by atoms with Gasteiger partial charge in [-0.25, -0.2) is 4.39 Å². The van der Waals surface area contributed by atoms with E-state index in [0.717, 1.165) is 12.8 Å². The van der Waals surface area contributed by atoms with Gasteiger partial charge in [-0.05, 0) is 31.0 Å². The minimum absolute atomic E-state index is 0.250. The Morgan fingerprint density at radius 3 is 2.78 bits per heavy atom. The predicted molar refractivity (Wildman–Crippen MR) is 69.7 cm³/mol. The highest BCUT2D eigenvalue weighted by molar-refractivity contribution is 6.30. The van der Waals surface area contributed by atoms with Crippen LogP contribution in [0, 0.1) is 17.1 Å². The number of hydrogen-bond acceptors (Lipinski definition) is 2. The number of rotatable bonds is 4. The molecule has 1 aromatic carbocycles. The average molecular weight is 267 g/mol. The maximum Gasteiger partial charge on any atom is 0.127 e.